The van der Waals surface area contributed by atoms with Crippen molar-refractivity contribution in [1.29, 1.82) is 0 Å². The lowest BCUT2D eigenvalue weighted by Gasteiger charge is -2.15. The molecule has 2 heterocycles. The van der Waals surface area contributed by atoms with Gasteiger partial charge in [0.25, 0.3) is 0 Å². The van der Waals surface area contributed by atoms with Crippen molar-refractivity contribution in [2.24, 2.45) is 0 Å². The van der Waals surface area contributed by atoms with E-state index < -0.39 is 0 Å². The number of nitrogens with zero attached hydrogens (tertiary/aromatic N) is 2. The smallest absolute Gasteiger partial charge is 0.221 e. The number of rotatable bonds is 7. The van der Waals surface area contributed by atoms with E-state index in [-0.39, 0.29) is 6.10 Å². The van der Waals surface area contributed by atoms with E-state index in [1.165, 1.54) is 0 Å². The van der Waals surface area contributed by atoms with Crippen LogP contribution in [0.2, 0.25) is 0 Å². The Bertz CT molecular complexity index is 431. The zero-order valence-corrected chi connectivity index (χ0v) is 12.7. The van der Waals surface area contributed by atoms with Gasteiger partial charge >= 0.3 is 0 Å². The molecule has 5 nitrogen and oxygen atoms in total. The van der Waals surface area contributed by atoms with E-state index in [1.54, 1.807) is 0 Å². The molecule has 1 aromatic heterocycles. The average molecular weight is 279 g/mol. The van der Waals surface area contributed by atoms with E-state index in [2.05, 4.69) is 29.1 Å². The molecule has 0 aromatic carbocycles. The van der Waals surface area contributed by atoms with Crippen molar-refractivity contribution in [3.8, 4) is 5.88 Å². The zero-order chi connectivity index (χ0) is 14.4. The van der Waals surface area contributed by atoms with Crippen LogP contribution in [0.3, 0.4) is 0 Å². The Labute approximate surface area is 121 Å². The first-order valence-electron chi connectivity index (χ1n) is 7.60. The molecule has 0 saturated carbocycles. The summed E-state index contributed by atoms with van der Waals surface area (Å²) in [7, 11) is 0. The molecule has 20 heavy (non-hydrogen) atoms. The fourth-order valence-electron chi connectivity index (χ4n) is 2.30. The zero-order valence-electron chi connectivity index (χ0n) is 12.7. The molecule has 2 rings (SSSR count). The van der Waals surface area contributed by atoms with E-state index in [0.29, 0.717) is 12.5 Å². The van der Waals surface area contributed by atoms with Gasteiger partial charge in [-0.05, 0) is 33.1 Å². The molecule has 112 valence electrons. The molecule has 1 aliphatic heterocycles. The van der Waals surface area contributed by atoms with Crippen molar-refractivity contribution >= 4 is 5.82 Å². The number of hydrogen-bond donors (Lipinski definition) is 1. The molecule has 1 aliphatic rings. The molecular formula is C15H25N3O2. The van der Waals surface area contributed by atoms with Gasteiger partial charge in [0.15, 0.2) is 0 Å². The van der Waals surface area contributed by atoms with Gasteiger partial charge in [-0.25, -0.2) is 4.98 Å². The van der Waals surface area contributed by atoms with E-state index in [1.807, 2.05) is 6.92 Å². The van der Waals surface area contributed by atoms with E-state index >= 15 is 0 Å². The predicted octanol–water partition coefficient (Wildman–Crippen LogP) is 2.73. The van der Waals surface area contributed by atoms with Gasteiger partial charge in [0.1, 0.15) is 18.2 Å². The van der Waals surface area contributed by atoms with Crippen LogP contribution >= 0.6 is 0 Å². The third kappa shape index (κ3) is 3.82. The highest BCUT2D eigenvalue weighted by Crippen LogP contribution is 2.23. The second-order valence-electron chi connectivity index (χ2n) is 5.14. The van der Waals surface area contributed by atoms with Crippen LogP contribution in [0.5, 0.6) is 5.88 Å². The Kier molecular flexibility index (Phi) is 5.59. The Morgan fingerprint density at radius 2 is 2.20 bits per heavy atom. The van der Waals surface area contributed by atoms with Crippen molar-refractivity contribution in [3.05, 3.63) is 11.4 Å². The third-order valence-corrected chi connectivity index (χ3v) is 3.40. The molecular weight excluding hydrogens is 254 g/mol. The van der Waals surface area contributed by atoms with Crippen molar-refractivity contribution in [1.82, 2.24) is 9.97 Å². The Morgan fingerprint density at radius 1 is 1.35 bits per heavy atom. The molecule has 1 fully saturated rings. The monoisotopic (exact) mass is 279 g/mol. The first-order chi connectivity index (χ1) is 9.74. The first kappa shape index (κ1) is 15.0. The van der Waals surface area contributed by atoms with Crippen LogP contribution in [0.25, 0.3) is 0 Å². The van der Waals surface area contributed by atoms with Crippen LogP contribution in [-0.2, 0) is 11.2 Å². The molecule has 1 atom stereocenters. The van der Waals surface area contributed by atoms with Crippen LogP contribution in [0.15, 0.2) is 0 Å². The van der Waals surface area contributed by atoms with E-state index in [4.69, 9.17) is 9.47 Å². The Hall–Kier alpha value is -1.36. The summed E-state index contributed by atoms with van der Waals surface area (Å²) in [5, 5.41) is 3.28. The lowest BCUT2D eigenvalue weighted by Crippen LogP contribution is -2.18. The highest BCUT2D eigenvalue weighted by atomic mass is 16.5. The molecule has 0 spiro atoms. The largest absolute Gasteiger partial charge is 0.475 e. The molecule has 0 aliphatic carbocycles. The molecule has 0 bridgehead atoms. The second kappa shape index (κ2) is 7.43. The maximum absolute atomic E-state index is 5.88. The second-order valence-corrected chi connectivity index (χ2v) is 5.14. The van der Waals surface area contributed by atoms with Gasteiger partial charge < -0.3 is 14.8 Å². The maximum atomic E-state index is 5.88. The summed E-state index contributed by atoms with van der Waals surface area (Å²) in [4.78, 5) is 9.10. The highest BCUT2D eigenvalue weighted by Gasteiger charge is 2.18. The average Bonchev–Trinajstić information content (AvgIpc) is 2.94. The van der Waals surface area contributed by atoms with Gasteiger partial charge in [0, 0.05) is 19.6 Å². The minimum atomic E-state index is 0.210. The number of aromatic nitrogens is 2. The lowest BCUT2D eigenvalue weighted by atomic mass is 10.2. The SMILES string of the molecule is CCCc1nc(NCC)c(C)c(OCC2CCCO2)n1. The number of nitrogens with one attached hydrogen (secondary N) is 1. The molecule has 1 unspecified atom stereocenters. The predicted molar refractivity (Wildman–Crippen MR) is 79.4 cm³/mol. The normalized spacial score (nSPS) is 18.2. The number of aryl methyl sites for hydroxylation is 1. The van der Waals surface area contributed by atoms with Gasteiger partial charge in [0.05, 0.1) is 11.7 Å². The summed E-state index contributed by atoms with van der Waals surface area (Å²) in [6.07, 6.45) is 4.31. The fraction of sp³-hybridized carbons (Fsp3) is 0.733. The standard InChI is InChI=1S/C15H25N3O2/c1-4-7-13-17-14(16-5-2)11(3)15(18-13)20-10-12-8-6-9-19-12/h12H,4-10H2,1-3H3,(H,16,17,18). The van der Waals surface area contributed by atoms with Gasteiger partial charge in [-0.1, -0.05) is 6.92 Å². The minimum Gasteiger partial charge on any atom is -0.475 e. The maximum Gasteiger partial charge on any atom is 0.221 e. The van der Waals surface area contributed by atoms with Gasteiger partial charge in [-0.2, -0.15) is 4.98 Å². The summed E-state index contributed by atoms with van der Waals surface area (Å²) in [5.41, 5.74) is 0.977. The molecule has 0 amide bonds. The number of hydrogen-bond acceptors (Lipinski definition) is 5. The summed E-state index contributed by atoms with van der Waals surface area (Å²) < 4.78 is 11.5. The van der Waals surface area contributed by atoms with Crippen molar-refractivity contribution in [2.75, 3.05) is 25.1 Å². The van der Waals surface area contributed by atoms with Crippen LogP contribution in [0.1, 0.15) is 44.5 Å². The van der Waals surface area contributed by atoms with Crippen LogP contribution < -0.4 is 10.1 Å². The summed E-state index contributed by atoms with van der Waals surface area (Å²) in [6, 6.07) is 0. The molecule has 0 radical (unpaired) electrons. The minimum absolute atomic E-state index is 0.210. The highest BCUT2D eigenvalue weighted by molar-refractivity contribution is 5.48. The lowest BCUT2D eigenvalue weighted by molar-refractivity contribution is 0.0659. The number of ether oxygens (including phenoxy) is 2. The topological polar surface area (TPSA) is 56.3 Å². The van der Waals surface area contributed by atoms with Crippen LogP contribution in [0.4, 0.5) is 5.82 Å². The summed E-state index contributed by atoms with van der Waals surface area (Å²) in [6.45, 7) is 8.46. The summed E-state index contributed by atoms with van der Waals surface area (Å²) in [5.74, 6) is 2.42. The van der Waals surface area contributed by atoms with Gasteiger partial charge in [-0.3, -0.25) is 0 Å². The van der Waals surface area contributed by atoms with Gasteiger partial charge in [-0.15, -0.1) is 0 Å². The third-order valence-electron chi connectivity index (χ3n) is 3.40. The molecule has 1 aromatic rings. The molecule has 1 N–H and O–H groups in total. The fourth-order valence-corrected chi connectivity index (χ4v) is 2.30. The first-order valence-corrected chi connectivity index (χ1v) is 7.60. The van der Waals surface area contributed by atoms with Crippen molar-refractivity contribution in [2.45, 2.75) is 52.6 Å². The van der Waals surface area contributed by atoms with Crippen LogP contribution in [0, 0.1) is 6.92 Å². The molecule has 1 saturated heterocycles. The van der Waals surface area contributed by atoms with Crippen molar-refractivity contribution in [3.63, 3.8) is 0 Å². The molecule has 5 heteroatoms. The van der Waals surface area contributed by atoms with Crippen LogP contribution in [-0.4, -0.2) is 35.8 Å². The van der Waals surface area contributed by atoms with Crippen molar-refractivity contribution < 1.29 is 9.47 Å². The summed E-state index contributed by atoms with van der Waals surface area (Å²) >= 11 is 0. The van der Waals surface area contributed by atoms with E-state index in [0.717, 1.165) is 56.0 Å². The van der Waals surface area contributed by atoms with E-state index in [9.17, 15) is 0 Å². The Balaban J connectivity index is 2.11. The Morgan fingerprint density at radius 3 is 2.85 bits per heavy atom. The number of anilines is 1. The quantitative estimate of drug-likeness (QED) is 0.831. The van der Waals surface area contributed by atoms with Gasteiger partial charge in [0.2, 0.25) is 5.88 Å².